The van der Waals surface area contributed by atoms with Crippen molar-refractivity contribution in [1.29, 1.82) is 0 Å². The van der Waals surface area contributed by atoms with E-state index in [1.165, 1.54) is 16.7 Å². The lowest BCUT2D eigenvalue weighted by Crippen LogP contribution is -2.32. The van der Waals surface area contributed by atoms with Crippen LogP contribution in [0.4, 0.5) is 5.69 Å². The van der Waals surface area contributed by atoms with Crippen molar-refractivity contribution in [2.75, 3.05) is 19.1 Å². The van der Waals surface area contributed by atoms with Crippen molar-refractivity contribution in [2.45, 2.75) is 23.1 Å². The molecule has 1 N–H and O–H groups in total. The lowest BCUT2D eigenvalue weighted by Gasteiger charge is -2.30. The van der Waals surface area contributed by atoms with E-state index < -0.39 is 17.1 Å². The van der Waals surface area contributed by atoms with Crippen LogP contribution in [0.15, 0.2) is 52.3 Å². The van der Waals surface area contributed by atoms with Gasteiger partial charge in [0.25, 0.3) is 0 Å². The SMILES string of the molecule is COc1ccc(C2c3sc(=O)[nH]c3SC3C(=O)N(c4cccc(C)c4)C(=O)C32)cc1OC. The average Bonchev–Trinajstić information content (AvgIpc) is 3.27. The number of imide groups is 1. The molecule has 5 rings (SSSR count). The molecule has 9 heteroatoms. The molecule has 1 aromatic heterocycles. The van der Waals surface area contributed by atoms with Gasteiger partial charge in [0, 0.05) is 10.8 Å². The number of ether oxygens (including phenoxy) is 2. The molecule has 3 aromatic rings. The smallest absolute Gasteiger partial charge is 0.305 e. The van der Waals surface area contributed by atoms with Gasteiger partial charge in [0.15, 0.2) is 11.5 Å². The molecule has 0 aliphatic carbocycles. The van der Waals surface area contributed by atoms with Gasteiger partial charge in [-0.1, -0.05) is 41.3 Å². The highest BCUT2D eigenvalue weighted by Crippen LogP contribution is 2.53. The molecule has 3 unspecified atom stereocenters. The molecule has 0 radical (unpaired) electrons. The Kier molecular flexibility index (Phi) is 5.10. The Balaban J connectivity index is 1.66. The van der Waals surface area contributed by atoms with E-state index in [4.69, 9.17) is 9.47 Å². The number of benzene rings is 2. The van der Waals surface area contributed by atoms with Crippen LogP contribution in [-0.4, -0.2) is 36.3 Å². The summed E-state index contributed by atoms with van der Waals surface area (Å²) < 4.78 is 10.8. The van der Waals surface area contributed by atoms with Gasteiger partial charge in [0.1, 0.15) is 5.25 Å². The molecule has 2 amide bonds. The maximum atomic E-state index is 13.7. The Morgan fingerprint density at radius 1 is 0.969 bits per heavy atom. The largest absolute Gasteiger partial charge is 0.493 e. The molecule has 7 nitrogen and oxygen atoms in total. The summed E-state index contributed by atoms with van der Waals surface area (Å²) in [5.74, 6) is -0.522. The van der Waals surface area contributed by atoms with Crippen LogP contribution in [0.1, 0.15) is 21.9 Å². The van der Waals surface area contributed by atoms with Crippen molar-refractivity contribution >= 4 is 40.6 Å². The van der Waals surface area contributed by atoms with Gasteiger partial charge in [-0.25, -0.2) is 4.90 Å². The Hall–Kier alpha value is -3.04. The fourth-order valence-corrected chi connectivity index (χ4v) is 6.96. The minimum Gasteiger partial charge on any atom is -0.493 e. The van der Waals surface area contributed by atoms with Crippen molar-refractivity contribution in [3.05, 3.63) is 68.1 Å². The molecule has 32 heavy (non-hydrogen) atoms. The zero-order valence-electron chi connectivity index (χ0n) is 17.6. The van der Waals surface area contributed by atoms with Crippen molar-refractivity contribution < 1.29 is 19.1 Å². The van der Waals surface area contributed by atoms with Gasteiger partial charge in [-0.05, 0) is 42.3 Å². The number of nitrogens with zero attached hydrogens (tertiary/aromatic N) is 1. The predicted octanol–water partition coefficient (Wildman–Crippen LogP) is 3.56. The summed E-state index contributed by atoms with van der Waals surface area (Å²) in [7, 11) is 3.10. The maximum Gasteiger partial charge on any atom is 0.305 e. The van der Waals surface area contributed by atoms with Crippen LogP contribution in [-0.2, 0) is 9.59 Å². The number of rotatable bonds is 4. The minimum absolute atomic E-state index is 0.205. The van der Waals surface area contributed by atoms with E-state index in [-0.39, 0.29) is 16.7 Å². The zero-order chi connectivity index (χ0) is 22.6. The van der Waals surface area contributed by atoms with Gasteiger partial charge < -0.3 is 14.5 Å². The number of thioether (sulfide) groups is 1. The number of aromatic amines is 1. The third-order valence-electron chi connectivity index (χ3n) is 5.85. The third kappa shape index (κ3) is 3.15. The van der Waals surface area contributed by atoms with Gasteiger partial charge in [-0.3, -0.25) is 14.4 Å². The Labute approximate surface area is 192 Å². The summed E-state index contributed by atoms with van der Waals surface area (Å²) in [4.78, 5) is 44.0. The molecule has 2 aliphatic heterocycles. The van der Waals surface area contributed by atoms with Crippen molar-refractivity contribution in [3.8, 4) is 11.5 Å². The summed E-state index contributed by atoms with van der Waals surface area (Å²) in [5.41, 5.74) is 2.32. The highest BCUT2D eigenvalue weighted by atomic mass is 32.2. The molecule has 164 valence electrons. The first kappa shape index (κ1) is 20.8. The second kappa shape index (κ2) is 7.83. The lowest BCUT2D eigenvalue weighted by molar-refractivity contribution is -0.122. The van der Waals surface area contributed by atoms with Crippen LogP contribution in [0.25, 0.3) is 0 Å². The first-order chi connectivity index (χ1) is 15.4. The second-order valence-electron chi connectivity index (χ2n) is 7.72. The number of aryl methyl sites for hydroxylation is 1. The van der Waals surface area contributed by atoms with Crippen LogP contribution in [0.2, 0.25) is 0 Å². The summed E-state index contributed by atoms with van der Waals surface area (Å²) in [6, 6.07) is 12.8. The highest BCUT2D eigenvalue weighted by Gasteiger charge is 2.56. The van der Waals surface area contributed by atoms with Gasteiger partial charge in [0.05, 0.1) is 30.9 Å². The molecule has 0 saturated carbocycles. The molecular weight excluding hydrogens is 448 g/mol. The number of hydrogen-bond donors (Lipinski definition) is 1. The van der Waals surface area contributed by atoms with Crippen LogP contribution >= 0.6 is 23.1 Å². The Morgan fingerprint density at radius 2 is 1.75 bits per heavy atom. The minimum atomic E-state index is -0.634. The summed E-state index contributed by atoms with van der Waals surface area (Å²) in [6.45, 7) is 1.92. The average molecular weight is 469 g/mol. The zero-order valence-corrected chi connectivity index (χ0v) is 19.2. The van der Waals surface area contributed by atoms with E-state index in [1.807, 2.05) is 37.3 Å². The normalized spacial score (nSPS) is 22.0. The van der Waals surface area contributed by atoms with E-state index in [1.54, 1.807) is 26.4 Å². The number of amides is 2. The molecule has 3 heterocycles. The molecular formula is C23H20N2O5S2. The number of aromatic nitrogens is 1. The number of carbonyl (C=O) groups excluding carboxylic acids is 2. The summed E-state index contributed by atoms with van der Waals surface area (Å²) >= 11 is 2.35. The van der Waals surface area contributed by atoms with E-state index in [9.17, 15) is 14.4 Å². The number of hydrogen-bond acceptors (Lipinski definition) is 7. The maximum absolute atomic E-state index is 13.7. The number of methoxy groups -OCH3 is 2. The van der Waals surface area contributed by atoms with Gasteiger partial charge in [-0.2, -0.15) is 0 Å². The van der Waals surface area contributed by atoms with Crippen LogP contribution < -0.4 is 19.2 Å². The molecule has 2 aliphatic rings. The number of thiazole rings is 1. The van der Waals surface area contributed by atoms with Gasteiger partial charge in [0.2, 0.25) is 11.8 Å². The molecule has 3 atom stereocenters. The monoisotopic (exact) mass is 468 g/mol. The number of carbonyl (C=O) groups is 2. The topological polar surface area (TPSA) is 88.7 Å². The summed E-state index contributed by atoms with van der Waals surface area (Å²) in [5, 5.41) is 0.0205. The first-order valence-corrected chi connectivity index (χ1v) is 11.7. The number of H-pyrrole nitrogens is 1. The second-order valence-corrected chi connectivity index (χ2v) is 9.88. The lowest BCUT2D eigenvalue weighted by atomic mass is 9.83. The van der Waals surface area contributed by atoms with Crippen LogP contribution in [0, 0.1) is 12.8 Å². The summed E-state index contributed by atoms with van der Waals surface area (Å²) in [6.07, 6.45) is 0. The van der Waals surface area contributed by atoms with Gasteiger partial charge in [-0.15, -0.1) is 0 Å². The molecule has 1 saturated heterocycles. The number of anilines is 1. The van der Waals surface area contributed by atoms with E-state index >= 15 is 0 Å². The molecule has 0 spiro atoms. The molecule has 1 fully saturated rings. The standard InChI is InChI=1S/C23H20N2O5S2/c1-11-5-4-6-13(9-11)25-21(26)17-16(12-7-8-14(29-2)15(10-12)30-3)18-20(24-23(28)32-18)31-19(17)22(25)27/h4-10,16-17,19H,1-3H3,(H,24,28). The predicted molar refractivity (Wildman–Crippen MR) is 123 cm³/mol. The molecule has 0 bridgehead atoms. The van der Waals surface area contributed by atoms with Crippen molar-refractivity contribution in [3.63, 3.8) is 0 Å². The fraction of sp³-hybridized carbons (Fsp3) is 0.261. The Morgan fingerprint density at radius 3 is 2.47 bits per heavy atom. The fourth-order valence-electron chi connectivity index (χ4n) is 4.44. The van der Waals surface area contributed by atoms with Gasteiger partial charge >= 0.3 is 4.87 Å². The van der Waals surface area contributed by atoms with E-state index in [0.717, 1.165) is 27.3 Å². The van der Waals surface area contributed by atoms with Crippen molar-refractivity contribution in [2.24, 2.45) is 5.92 Å². The number of fused-ring (bicyclic) bond motifs is 2. The highest BCUT2D eigenvalue weighted by molar-refractivity contribution is 8.00. The van der Waals surface area contributed by atoms with E-state index in [2.05, 4.69) is 4.98 Å². The van der Waals surface area contributed by atoms with Crippen LogP contribution in [0.5, 0.6) is 11.5 Å². The third-order valence-corrected chi connectivity index (χ3v) is 8.25. The van der Waals surface area contributed by atoms with Crippen LogP contribution in [0.3, 0.4) is 0 Å². The van der Waals surface area contributed by atoms with Crippen molar-refractivity contribution in [1.82, 2.24) is 4.98 Å². The number of nitrogens with one attached hydrogen (secondary N) is 1. The Bertz CT molecular complexity index is 1300. The first-order valence-electron chi connectivity index (χ1n) is 9.99. The molecule has 2 aromatic carbocycles. The quantitative estimate of drug-likeness (QED) is 0.589. The van der Waals surface area contributed by atoms with E-state index in [0.29, 0.717) is 22.2 Å².